The Morgan fingerprint density at radius 2 is 2.40 bits per heavy atom. The van der Waals surface area contributed by atoms with Gasteiger partial charge in [-0.25, -0.2) is 4.98 Å². The summed E-state index contributed by atoms with van der Waals surface area (Å²) in [6.45, 7) is 2.68. The topological polar surface area (TPSA) is 58.0 Å². The first kappa shape index (κ1) is 10.8. The number of anilines is 1. The highest BCUT2D eigenvalue weighted by Crippen LogP contribution is 2.39. The van der Waals surface area contributed by atoms with Crippen LogP contribution >= 0.6 is 11.5 Å². The minimum Gasteiger partial charge on any atom is -0.393 e. The Hall–Kier alpha value is -0.680. The lowest BCUT2D eigenvalue weighted by molar-refractivity contribution is 0.183. The van der Waals surface area contributed by atoms with Crippen molar-refractivity contribution in [2.45, 2.75) is 44.6 Å². The molecule has 0 bridgehead atoms. The summed E-state index contributed by atoms with van der Waals surface area (Å²) in [6, 6.07) is 0. The van der Waals surface area contributed by atoms with Gasteiger partial charge in [0, 0.05) is 24.0 Å². The molecule has 15 heavy (non-hydrogen) atoms. The van der Waals surface area contributed by atoms with Gasteiger partial charge >= 0.3 is 0 Å². The van der Waals surface area contributed by atoms with Crippen LogP contribution in [-0.2, 0) is 0 Å². The summed E-state index contributed by atoms with van der Waals surface area (Å²) in [6.07, 6.45) is 4.09. The van der Waals surface area contributed by atoms with Gasteiger partial charge in [-0.05, 0) is 32.6 Å². The van der Waals surface area contributed by atoms with E-state index < -0.39 is 0 Å². The van der Waals surface area contributed by atoms with Gasteiger partial charge in [-0.3, -0.25) is 0 Å². The zero-order valence-corrected chi connectivity index (χ0v) is 9.76. The Labute approximate surface area is 93.9 Å². The van der Waals surface area contributed by atoms with E-state index in [0.717, 1.165) is 30.3 Å². The average molecular weight is 227 g/mol. The third-order valence-corrected chi connectivity index (χ3v) is 3.15. The molecule has 0 aliphatic heterocycles. The first-order valence-corrected chi connectivity index (χ1v) is 6.28. The maximum atomic E-state index is 9.08. The van der Waals surface area contributed by atoms with Gasteiger partial charge in [0.1, 0.15) is 5.82 Å². The molecule has 0 aromatic carbocycles. The van der Waals surface area contributed by atoms with Gasteiger partial charge in [-0.1, -0.05) is 0 Å². The molecule has 5 heteroatoms. The molecule has 1 aliphatic rings. The van der Waals surface area contributed by atoms with E-state index in [1.165, 1.54) is 24.4 Å². The van der Waals surface area contributed by atoms with Crippen molar-refractivity contribution in [3.05, 3.63) is 5.82 Å². The second-order valence-electron chi connectivity index (χ2n) is 4.15. The van der Waals surface area contributed by atoms with E-state index in [1.807, 2.05) is 6.92 Å². The largest absolute Gasteiger partial charge is 0.393 e. The molecule has 84 valence electrons. The second kappa shape index (κ2) is 4.90. The minimum absolute atomic E-state index is 0.205. The molecule has 2 rings (SSSR count). The fourth-order valence-corrected chi connectivity index (χ4v) is 2.08. The molecular weight excluding hydrogens is 210 g/mol. The predicted octanol–water partition coefficient (Wildman–Crippen LogP) is 1.99. The molecular formula is C10H17N3OS. The fraction of sp³-hybridized carbons (Fsp3) is 0.800. The Morgan fingerprint density at radius 1 is 1.60 bits per heavy atom. The molecule has 1 saturated carbocycles. The Kier molecular flexibility index (Phi) is 3.53. The van der Waals surface area contributed by atoms with E-state index in [-0.39, 0.29) is 6.10 Å². The fourth-order valence-electron chi connectivity index (χ4n) is 1.41. The summed E-state index contributed by atoms with van der Waals surface area (Å²) in [7, 11) is 0. The summed E-state index contributed by atoms with van der Waals surface area (Å²) < 4.78 is 4.31. The number of hydrogen-bond acceptors (Lipinski definition) is 5. The summed E-state index contributed by atoms with van der Waals surface area (Å²) in [5.41, 5.74) is 0. The summed E-state index contributed by atoms with van der Waals surface area (Å²) in [5, 5.41) is 13.2. The van der Waals surface area contributed by atoms with Gasteiger partial charge in [0.25, 0.3) is 0 Å². The molecule has 1 aliphatic carbocycles. The zero-order chi connectivity index (χ0) is 10.7. The number of nitrogens with one attached hydrogen (secondary N) is 1. The summed E-state index contributed by atoms with van der Waals surface area (Å²) >= 11 is 1.44. The number of nitrogens with zero attached hydrogens (tertiary/aromatic N) is 2. The van der Waals surface area contributed by atoms with Gasteiger partial charge in [-0.15, -0.1) is 0 Å². The van der Waals surface area contributed by atoms with Crippen molar-refractivity contribution in [2.24, 2.45) is 0 Å². The van der Waals surface area contributed by atoms with Gasteiger partial charge in [0.2, 0.25) is 5.13 Å². The lowest BCUT2D eigenvalue weighted by atomic mass is 10.2. The molecule has 2 N–H and O–H groups in total. The predicted molar refractivity (Wildman–Crippen MR) is 61.3 cm³/mol. The van der Waals surface area contributed by atoms with Crippen molar-refractivity contribution in [1.29, 1.82) is 0 Å². The SMILES string of the molecule is CC(O)CCCNc1nc(C2CC2)ns1. The van der Waals surface area contributed by atoms with Gasteiger partial charge in [0.15, 0.2) is 0 Å². The van der Waals surface area contributed by atoms with Crippen molar-refractivity contribution in [2.75, 3.05) is 11.9 Å². The summed E-state index contributed by atoms with van der Waals surface area (Å²) in [4.78, 5) is 4.42. The highest BCUT2D eigenvalue weighted by Gasteiger charge is 2.27. The van der Waals surface area contributed by atoms with Crippen LogP contribution in [0.5, 0.6) is 0 Å². The van der Waals surface area contributed by atoms with Crippen LogP contribution in [0.25, 0.3) is 0 Å². The van der Waals surface area contributed by atoms with E-state index in [4.69, 9.17) is 5.11 Å². The van der Waals surface area contributed by atoms with Crippen molar-refractivity contribution in [3.63, 3.8) is 0 Å². The number of aromatic nitrogens is 2. The summed E-state index contributed by atoms with van der Waals surface area (Å²) in [5.74, 6) is 1.65. The third kappa shape index (κ3) is 3.43. The lowest BCUT2D eigenvalue weighted by Gasteiger charge is -2.03. The van der Waals surface area contributed by atoms with Gasteiger partial charge < -0.3 is 10.4 Å². The van der Waals surface area contributed by atoms with Crippen LogP contribution in [-0.4, -0.2) is 27.1 Å². The van der Waals surface area contributed by atoms with E-state index in [9.17, 15) is 0 Å². The van der Waals surface area contributed by atoms with E-state index >= 15 is 0 Å². The molecule has 1 unspecified atom stereocenters. The van der Waals surface area contributed by atoms with Gasteiger partial charge in [-0.2, -0.15) is 4.37 Å². The second-order valence-corrected chi connectivity index (χ2v) is 4.90. The molecule has 1 heterocycles. The lowest BCUT2D eigenvalue weighted by Crippen LogP contribution is -2.06. The van der Waals surface area contributed by atoms with Crippen LogP contribution in [0.15, 0.2) is 0 Å². The van der Waals surface area contributed by atoms with Crippen LogP contribution in [0.1, 0.15) is 44.3 Å². The van der Waals surface area contributed by atoms with Crippen molar-refractivity contribution >= 4 is 16.7 Å². The smallest absolute Gasteiger partial charge is 0.202 e. The normalized spacial score (nSPS) is 17.7. The van der Waals surface area contributed by atoms with E-state index in [1.54, 1.807) is 0 Å². The molecule has 0 amide bonds. The zero-order valence-electron chi connectivity index (χ0n) is 8.94. The quantitative estimate of drug-likeness (QED) is 0.730. The Bertz CT molecular complexity index is 309. The van der Waals surface area contributed by atoms with Crippen LogP contribution in [0, 0.1) is 0 Å². The first-order chi connectivity index (χ1) is 7.25. The molecule has 4 nitrogen and oxygen atoms in total. The molecule has 1 aromatic rings. The maximum Gasteiger partial charge on any atom is 0.202 e. The first-order valence-electron chi connectivity index (χ1n) is 5.51. The van der Waals surface area contributed by atoms with Crippen molar-refractivity contribution < 1.29 is 5.11 Å². The molecule has 1 aromatic heterocycles. The third-order valence-electron chi connectivity index (χ3n) is 2.46. The van der Waals surface area contributed by atoms with Crippen molar-refractivity contribution in [3.8, 4) is 0 Å². The number of hydrogen-bond donors (Lipinski definition) is 2. The van der Waals surface area contributed by atoms with E-state index in [0.29, 0.717) is 5.92 Å². The average Bonchev–Trinajstić information content (AvgIpc) is 2.94. The number of aliphatic hydroxyl groups is 1. The molecule has 1 atom stereocenters. The Morgan fingerprint density at radius 3 is 3.07 bits per heavy atom. The van der Waals surface area contributed by atoms with Gasteiger partial charge in [0.05, 0.1) is 6.10 Å². The number of rotatable bonds is 6. The highest BCUT2D eigenvalue weighted by molar-refractivity contribution is 7.09. The monoisotopic (exact) mass is 227 g/mol. The number of aliphatic hydroxyl groups excluding tert-OH is 1. The molecule has 0 saturated heterocycles. The van der Waals surface area contributed by atoms with Crippen LogP contribution in [0.4, 0.5) is 5.13 Å². The van der Waals surface area contributed by atoms with Crippen LogP contribution in [0.3, 0.4) is 0 Å². The molecule has 1 fully saturated rings. The minimum atomic E-state index is -0.205. The Balaban J connectivity index is 1.69. The van der Waals surface area contributed by atoms with Crippen LogP contribution < -0.4 is 5.32 Å². The highest BCUT2D eigenvalue weighted by atomic mass is 32.1. The standard InChI is InChI=1S/C10H17N3OS/c1-7(14)3-2-6-11-10-12-9(13-15-10)8-4-5-8/h7-8,14H,2-6H2,1H3,(H,11,12,13). The van der Waals surface area contributed by atoms with E-state index in [2.05, 4.69) is 14.7 Å². The van der Waals surface area contributed by atoms with Crippen molar-refractivity contribution in [1.82, 2.24) is 9.36 Å². The molecule has 0 spiro atoms. The molecule has 0 radical (unpaired) electrons. The van der Waals surface area contributed by atoms with Crippen LogP contribution in [0.2, 0.25) is 0 Å². The maximum absolute atomic E-state index is 9.08.